The first kappa shape index (κ1) is 17.5. The average Bonchev–Trinajstić information content (AvgIpc) is 3.35. The number of rotatable bonds is 5. The monoisotopic (exact) mass is 364 g/mol. The second kappa shape index (κ2) is 8.22. The molecule has 1 aromatic carbocycles. The van der Waals surface area contributed by atoms with Crippen molar-refractivity contribution in [3.8, 4) is 0 Å². The van der Waals surface area contributed by atoms with Crippen LogP contribution in [-0.2, 0) is 13.1 Å². The maximum atomic E-state index is 12.5. The van der Waals surface area contributed by atoms with Gasteiger partial charge in [-0.15, -0.1) is 0 Å². The predicted molar refractivity (Wildman–Crippen MR) is 102 cm³/mol. The van der Waals surface area contributed by atoms with Gasteiger partial charge in [-0.1, -0.05) is 24.3 Å². The van der Waals surface area contributed by atoms with E-state index >= 15 is 0 Å². The van der Waals surface area contributed by atoms with Gasteiger partial charge in [-0.3, -0.25) is 14.4 Å². The molecule has 1 saturated heterocycles. The molecule has 0 saturated carbocycles. The van der Waals surface area contributed by atoms with Crippen molar-refractivity contribution in [2.45, 2.75) is 19.5 Å². The van der Waals surface area contributed by atoms with Gasteiger partial charge in [0.05, 0.1) is 12.8 Å². The SMILES string of the molecule is O=C(c1ccco1)N1CCCN(Cc2ccc(Cn3cccn3)cc2)CC1. The number of hydrogen-bond acceptors (Lipinski definition) is 4. The van der Waals surface area contributed by atoms with Crippen molar-refractivity contribution >= 4 is 5.91 Å². The highest BCUT2D eigenvalue weighted by molar-refractivity contribution is 5.91. The van der Waals surface area contributed by atoms with Crippen molar-refractivity contribution in [3.63, 3.8) is 0 Å². The summed E-state index contributed by atoms with van der Waals surface area (Å²) in [5.74, 6) is 0.418. The van der Waals surface area contributed by atoms with E-state index in [9.17, 15) is 4.79 Å². The summed E-state index contributed by atoms with van der Waals surface area (Å²) in [4.78, 5) is 16.8. The lowest BCUT2D eigenvalue weighted by molar-refractivity contribution is 0.0729. The number of carbonyl (C=O) groups is 1. The Labute approximate surface area is 159 Å². The minimum absolute atomic E-state index is 0.00942. The fraction of sp³-hybridized carbons (Fsp3) is 0.333. The lowest BCUT2D eigenvalue weighted by Gasteiger charge is -2.21. The van der Waals surface area contributed by atoms with Gasteiger partial charge in [-0.05, 0) is 35.7 Å². The lowest BCUT2D eigenvalue weighted by atomic mass is 10.1. The molecule has 6 heteroatoms. The largest absolute Gasteiger partial charge is 0.459 e. The third-order valence-electron chi connectivity index (χ3n) is 4.94. The zero-order valence-electron chi connectivity index (χ0n) is 15.3. The van der Waals surface area contributed by atoms with E-state index in [1.165, 1.54) is 11.1 Å². The maximum Gasteiger partial charge on any atom is 0.289 e. The van der Waals surface area contributed by atoms with Gasteiger partial charge in [0, 0.05) is 45.1 Å². The summed E-state index contributed by atoms with van der Waals surface area (Å²) in [7, 11) is 0. The number of aromatic nitrogens is 2. The third kappa shape index (κ3) is 4.46. The summed E-state index contributed by atoms with van der Waals surface area (Å²) < 4.78 is 7.17. The standard InChI is InChI=1S/C21H24N4O2/c26-21(20-4-1-15-27-20)24-11-3-10-23(13-14-24)16-18-5-7-19(8-6-18)17-25-12-2-9-22-25/h1-2,4-9,12,15H,3,10-11,13-14,16-17H2. The zero-order chi connectivity index (χ0) is 18.5. The number of nitrogens with zero attached hydrogens (tertiary/aromatic N) is 4. The second-order valence-electron chi connectivity index (χ2n) is 6.92. The van der Waals surface area contributed by atoms with Gasteiger partial charge in [0.1, 0.15) is 0 Å². The van der Waals surface area contributed by atoms with E-state index in [0.29, 0.717) is 5.76 Å². The van der Waals surface area contributed by atoms with Crippen molar-refractivity contribution in [2.24, 2.45) is 0 Å². The zero-order valence-corrected chi connectivity index (χ0v) is 15.3. The van der Waals surface area contributed by atoms with Crippen molar-refractivity contribution in [1.82, 2.24) is 19.6 Å². The van der Waals surface area contributed by atoms with Crippen LogP contribution in [0.3, 0.4) is 0 Å². The fourth-order valence-electron chi connectivity index (χ4n) is 3.48. The van der Waals surface area contributed by atoms with E-state index in [1.54, 1.807) is 24.6 Å². The highest BCUT2D eigenvalue weighted by Crippen LogP contribution is 2.13. The highest BCUT2D eigenvalue weighted by Gasteiger charge is 2.21. The van der Waals surface area contributed by atoms with Gasteiger partial charge in [0.25, 0.3) is 5.91 Å². The van der Waals surface area contributed by atoms with Gasteiger partial charge in [-0.25, -0.2) is 0 Å². The molecule has 1 aliphatic heterocycles. The molecule has 0 bridgehead atoms. The Balaban J connectivity index is 1.31. The predicted octanol–water partition coefficient (Wildman–Crippen LogP) is 2.87. The molecule has 1 fully saturated rings. The molecule has 27 heavy (non-hydrogen) atoms. The van der Waals surface area contributed by atoms with E-state index in [0.717, 1.165) is 45.7 Å². The molecule has 0 radical (unpaired) electrons. The van der Waals surface area contributed by atoms with Crippen LogP contribution in [0.2, 0.25) is 0 Å². The van der Waals surface area contributed by atoms with Crippen molar-refractivity contribution in [2.75, 3.05) is 26.2 Å². The van der Waals surface area contributed by atoms with E-state index in [-0.39, 0.29) is 5.91 Å². The molecular formula is C21H24N4O2. The molecule has 0 unspecified atom stereocenters. The van der Waals surface area contributed by atoms with Crippen LogP contribution in [0.15, 0.2) is 65.5 Å². The fourth-order valence-corrected chi connectivity index (χ4v) is 3.48. The molecule has 0 spiro atoms. The molecule has 2 aromatic heterocycles. The van der Waals surface area contributed by atoms with Gasteiger partial charge in [0.2, 0.25) is 0 Å². The van der Waals surface area contributed by atoms with Crippen LogP contribution >= 0.6 is 0 Å². The molecule has 6 nitrogen and oxygen atoms in total. The molecule has 0 aliphatic carbocycles. The van der Waals surface area contributed by atoms with E-state index in [2.05, 4.69) is 34.3 Å². The Bertz CT molecular complexity index is 841. The summed E-state index contributed by atoms with van der Waals surface area (Å²) in [6.45, 7) is 5.08. The first-order valence-corrected chi connectivity index (χ1v) is 9.38. The first-order chi connectivity index (χ1) is 13.3. The van der Waals surface area contributed by atoms with E-state index < -0.39 is 0 Å². The minimum atomic E-state index is -0.00942. The second-order valence-corrected chi connectivity index (χ2v) is 6.92. The van der Waals surface area contributed by atoms with Crippen molar-refractivity contribution in [1.29, 1.82) is 0 Å². The maximum absolute atomic E-state index is 12.5. The quantitative estimate of drug-likeness (QED) is 0.699. The molecule has 140 valence electrons. The van der Waals surface area contributed by atoms with Crippen LogP contribution in [0.5, 0.6) is 0 Å². The summed E-state index contributed by atoms with van der Waals surface area (Å²) in [6.07, 6.45) is 6.30. The van der Waals surface area contributed by atoms with Crippen molar-refractivity contribution in [3.05, 3.63) is 78.0 Å². The minimum Gasteiger partial charge on any atom is -0.459 e. The Hall–Kier alpha value is -2.86. The molecule has 3 aromatic rings. The van der Waals surface area contributed by atoms with Crippen LogP contribution in [0.4, 0.5) is 0 Å². The Kier molecular flexibility index (Phi) is 5.34. The molecule has 1 amide bonds. The Morgan fingerprint density at radius 1 is 0.963 bits per heavy atom. The van der Waals surface area contributed by atoms with Crippen LogP contribution in [0.25, 0.3) is 0 Å². The van der Waals surface area contributed by atoms with Crippen LogP contribution in [-0.4, -0.2) is 51.7 Å². The lowest BCUT2D eigenvalue weighted by Crippen LogP contribution is -2.34. The third-order valence-corrected chi connectivity index (χ3v) is 4.94. The van der Waals surface area contributed by atoms with Gasteiger partial charge >= 0.3 is 0 Å². The number of furan rings is 1. The molecule has 4 rings (SSSR count). The number of hydrogen-bond donors (Lipinski definition) is 0. The van der Waals surface area contributed by atoms with E-state index in [1.807, 2.05) is 21.8 Å². The molecule has 0 atom stereocenters. The smallest absolute Gasteiger partial charge is 0.289 e. The number of amides is 1. The van der Waals surface area contributed by atoms with Gasteiger partial charge in [-0.2, -0.15) is 5.10 Å². The van der Waals surface area contributed by atoms with Gasteiger partial charge < -0.3 is 9.32 Å². The summed E-state index contributed by atoms with van der Waals surface area (Å²) >= 11 is 0. The topological polar surface area (TPSA) is 54.5 Å². The molecule has 3 heterocycles. The summed E-state index contributed by atoms with van der Waals surface area (Å²) in [5.41, 5.74) is 2.54. The molecular weight excluding hydrogens is 340 g/mol. The number of carbonyl (C=O) groups excluding carboxylic acids is 1. The average molecular weight is 364 g/mol. The van der Waals surface area contributed by atoms with Crippen LogP contribution in [0.1, 0.15) is 28.1 Å². The number of benzene rings is 1. The normalized spacial score (nSPS) is 15.6. The first-order valence-electron chi connectivity index (χ1n) is 9.38. The molecule has 0 N–H and O–H groups in total. The highest BCUT2D eigenvalue weighted by atomic mass is 16.3. The van der Waals surface area contributed by atoms with Gasteiger partial charge in [0.15, 0.2) is 5.76 Å². The molecule has 1 aliphatic rings. The van der Waals surface area contributed by atoms with E-state index in [4.69, 9.17) is 4.42 Å². The Morgan fingerprint density at radius 2 is 1.78 bits per heavy atom. The summed E-state index contributed by atoms with van der Waals surface area (Å²) in [6, 6.07) is 14.1. The summed E-state index contributed by atoms with van der Waals surface area (Å²) in [5, 5.41) is 4.25. The van der Waals surface area contributed by atoms with Crippen LogP contribution in [0, 0.1) is 0 Å². The van der Waals surface area contributed by atoms with Crippen LogP contribution < -0.4 is 0 Å². The van der Waals surface area contributed by atoms with Crippen molar-refractivity contribution < 1.29 is 9.21 Å². The Morgan fingerprint density at radius 3 is 2.48 bits per heavy atom.